The second-order valence-corrected chi connectivity index (χ2v) is 7.20. The van der Waals surface area contributed by atoms with Crippen LogP contribution in [-0.2, 0) is 0 Å². The van der Waals surface area contributed by atoms with Gasteiger partial charge in [-0.25, -0.2) is 10.2 Å². The van der Waals surface area contributed by atoms with Crippen molar-refractivity contribution >= 4 is 29.5 Å². The summed E-state index contributed by atoms with van der Waals surface area (Å²) in [6.45, 7) is 3.41. The summed E-state index contributed by atoms with van der Waals surface area (Å²) in [5.41, 5.74) is 5.61. The van der Waals surface area contributed by atoms with Crippen molar-refractivity contribution in [3.63, 3.8) is 0 Å². The number of urea groups is 1. The predicted molar refractivity (Wildman–Crippen MR) is 102 cm³/mol. The number of nitrogens with zero attached hydrogens (tertiary/aromatic N) is 2. The van der Waals surface area contributed by atoms with Crippen LogP contribution in [0, 0.1) is 0 Å². The largest absolute Gasteiger partial charge is 0.384 e. The molecular formula is C19H25N5O2. The third-order valence-electron chi connectivity index (χ3n) is 5.60. The number of nitrogens with one attached hydrogen (secondary N) is 3. The monoisotopic (exact) mass is 355 g/mol. The molecule has 7 nitrogen and oxygen atoms in total. The molecule has 3 amide bonds. The van der Waals surface area contributed by atoms with Gasteiger partial charge in [-0.1, -0.05) is 19.3 Å². The van der Waals surface area contributed by atoms with Crippen LogP contribution >= 0.6 is 0 Å². The molecule has 4 rings (SSSR count). The first kappa shape index (κ1) is 16.9. The maximum Gasteiger partial charge on any atom is 0.322 e. The molecular weight excluding hydrogens is 330 g/mol. The highest BCUT2D eigenvalue weighted by atomic mass is 16.2. The number of rotatable bonds is 3. The van der Waals surface area contributed by atoms with Gasteiger partial charge in [-0.3, -0.25) is 4.79 Å². The van der Waals surface area contributed by atoms with Crippen LogP contribution in [0.5, 0.6) is 0 Å². The van der Waals surface area contributed by atoms with E-state index in [1.807, 2.05) is 17.9 Å². The fourth-order valence-electron chi connectivity index (χ4n) is 4.31. The molecule has 138 valence electrons. The Kier molecular flexibility index (Phi) is 4.53. The minimum Gasteiger partial charge on any atom is -0.384 e. The molecule has 2 heterocycles. The third kappa shape index (κ3) is 3.02. The van der Waals surface area contributed by atoms with Crippen LogP contribution in [0.3, 0.4) is 0 Å². The van der Waals surface area contributed by atoms with Gasteiger partial charge in [0, 0.05) is 48.2 Å². The number of hydrogen-bond donors (Lipinski definition) is 3. The Labute approximate surface area is 153 Å². The standard InChI is InChI=1S/C19H25N5O2/c1-2-24(14-6-4-3-5-7-14)19(26)22-13-8-15-17-12(10-20-16(17)9-13)11-21-23-18(15)25/h8-9,11-12,14,20H,2-7,10H2,1H3,(H,22,26)(H,23,25). The number of carbonyl (C=O) groups is 2. The Hall–Kier alpha value is -2.57. The van der Waals surface area contributed by atoms with Gasteiger partial charge >= 0.3 is 6.03 Å². The smallest absolute Gasteiger partial charge is 0.322 e. The van der Waals surface area contributed by atoms with Gasteiger partial charge in [0.25, 0.3) is 5.91 Å². The second-order valence-electron chi connectivity index (χ2n) is 7.20. The van der Waals surface area contributed by atoms with Gasteiger partial charge in [-0.05, 0) is 37.5 Å². The molecule has 1 unspecified atom stereocenters. The van der Waals surface area contributed by atoms with E-state index in [0.29, 0.717) is 30.4 Å². The summed E-state index contributed by atoms with van der Waals surface area (Å²) in [6, 6.07) is 3.89. The SMILES string of the molecule is CCN(C(=O)Nc1cc2c3c(c1)C(=O)NN=CC3CN2)C1CCCCC1. The summed E-state index contributed by atoms with van der Waals surface area (Å²) < 4.78 is 0. The molecule has 0 aromatic heterocycles. The Balaban J connectivity index is 1.57. The lowest BCUT2D eigenvalue weighted by molar-refractivity contribution is 0.0955. The van der Waals surface area contributed by atoms with Gasteiger partial charge in [0.2, 0.25) is 0 Å². The van der Waals surface area contributed by atoms with Crippen LogP contribution in [-0.4, -0.2) is 42.2 Å². The highest BCUT2D eigenvalue weighted by Crippen LogP contribution is 2.37. The Morgan fingerprint density at radius 3 is 2.88 bits per heavy atom. The number of amides is 3. The van der Waals surface area contributed by atoms with Gasteiger partial charge < -0.3 is 15.5 Å². The minimum absolute atomic E-state index is 0.0816. The zero-order valence-corrected chi connectivity index (χ0v) is 15.0. The van der Waals surface area contributed by atoms with Crippen molar-refractivity contribution in [2.45, 2.75) is 51.0 Å². The summed E-state index contributed by atoms with van der Waals surface area (Å²) in [5.74, 6) is -0.155. The molecule has 1 aromatic rings. The van der Waals surface area contributed by atoms with Gasteiger partial charge in [0.1, 0.15) is 0 Å². The van der Waals surface area contributed by atoms with Crippen LogP contribution in [0.25, 0.3) is 0 Å². The van der Waals surface area contributed by atoms with E-state index in [2.05, 4.69) is 21.2 Å². The Morgan fingerprint density at radius 1 is 1.31 bits per heavy atom. The molecule has 1 saturated carbocycles. The quantitative estimate of drug-likeness (QED) is 0.779. The zero-order chi connectivity index (χ0) is 18.1. The lowest BCUT2D eigenvalue weighted by Crippen LogP contribution is -2.43. The van der Waals surface area contributed by atoms with E-state index in [1.54, 1.807) is 12.3 Å². The van der Waals surface area contributed by atoms with Crippen LogP contribution in [0.4, 0.5) is 16.2 Å². The van der Waals surface area contributed by atoms with E-state index in [4.69, 9.17) is 0 Å². The van der Waals surface area contributed by atoms with Gasteiger partial charge in [0.05, 0.1) is 0 Å². The van der Waals surface area contributed by atoms with Crippen molar-refractivity contribution < 1.29 is 9.59 Å². The van der Waals surface area contributed by atoms with Crippen molar-refractivity contribution in [2.24, 2.45) is 5.10 Å². The molecule has 0 spiro atoms. The fourth-order valence-corrected chi connectivity index (χ4v) is 4.31. The molecule has 3 N–H and O–H groups in total. The second kappa shape index (κ2) is 6.97. The minimum atomic E-state index is -0.237. The lowest BCUT2D eigenvalue weighted by Gasteiger charge is -2.33. The number of hydrazone groups is 1. The third-order valence-corrected chi connectivity index (χ3v) is 5.60. The predicted octanol–water partition coefficient (Wildman–Crippen LogP) is 3.11. The van der Waals surface area contributed by atoms with Crippen molar-refractivity contribution in [1.29, 1.82) is 0 Å². The molecule has 3 aliphatic rings. The first-order chi connectivity index (χ1) is 12.7. The molecule has 0 saturated heterocycles. The average molecular weight is 355 g/mol. The molecule has 26 heavy (non-hydrogen) atoms. The zero-order valence-electron chi connectivity index (χ0n) is 15.0. The van der Waals surface area contributed by atoms with Crippen molar-refractivity contribution in [1.82, 2.24) is 10.3 Å². The van der Waals surface area contributed by atoms with Gasteiger partial charge in [-0.2, -0.15) is 5.10 Å². The van der Waals surface area contributed by atoms with Crippen molar-refractivity contribution in [3.05, 3.63) is 23.3 Å². The van der Waals surface area contributed by atoms with Gasteiger partial charge in [-0.15, -0.1) is 0 Å². The number of benzene rings is 1. The van der Waals surface area contributed by atoms with E-state index < -0.39 is 0 Å². The van der Waals surface area contributed by atoms with Crippen molar-refractivity contribution in [2.75, 3.05) is 23.7 Å². The summed E-state index contributed by atoms with van der Waals surface area (Å²) >= 11 is 0. The molecule has 1 aromatic carbocycles. The van der Waals surface area contributed by atoms with Crippen LogP contribution in [0.15, 0.2) is 17.2 Å². The molecule has 1 atom stereocenters. The van der Waals surface area contributed by atoms with Crippen LogP contribution in [0.2, 0.25) is 0 Å². The molecule has 7 heteroatoms. The van der Waals surface area contributed by atoms with Crippen LogP contribution in [0.1, 0.15) is 60.9 Å². The highest BCUT2D eigenvalue weighted by Gasteiger charge is 2.30. The molecule has 0 radical (unpaired) electrons. The van der Waals surface area contributed by atoms with Gasteiger partial charge in [0.15, 0.2) is 0 Å². The average Bonchev–Trinajstić information content (AvgIpc) is 2.97. The number of carbonyl (C=O) groups excluding carboxylic acids is 2. The first-order valence-electron chi connectivity index (χ1n) is 9.50. The molecule has 1 aliphatic carbocycles. The lowest BCUT2D eigenvalue weighted by atomic mass is 9.94. The fraction of sp³-hybridized carbons (Fsp3) is 0.526. The summed E-state index contributed by atoms with van der Waals surface area (Å²) in [6.07, 6.45) is 7.52. The van der Waals surface area contributed by atoms with E-state index >= 15 is 0 Å². The Morgan fingerprint density at radius 2 is 2.12 bits per heavy atom. The molecule has 0 bridgehead atoms. The molecule has 1 fully saturated rings. The topological polar surface area (TPSA) is 85.8 Å². The summed E-state index contributed by atoms with van der Waals surface area (Å²) in [5, 5.41) is 10.3. The van der Waals surface area contributed by atoms with E-state index in [1.165, 1.54) is 19.3 Å². The van der Waals surface area contributed by atoms with Crippen molar-refractivity contribution in [3.8, 4) is 0 Å². The van der Waals surface area contributed by atoms with E-state index in [-0.39, 0.29) is 17.9 Å². The van der Waals surface area contributed by atoms with E-state index in [0.717, 1.165) is 24.1 Å². The van der Waals surface area contributed by atoms with Crippen LogP contribution < -0.4 is 16.1 Å². The Bertz CT molecular complexity index is 755. The normalized spacial score (nSPS) is 21.4. The highest BCUT2D eigenvalue weighted by molar-refractivity contribution is 6.03. The number of anilines is 2. The maximum atomic E-state index is 12.8. The number of hydrogen-bond acceptors (Lipinski definition) is 4. The summed E-state index contributed by atoms with van der Waals surface area (Å²) in [4.78, 5) is 27.1. The first-order valence-corrected chi connectivity index (χ1v) is 9.50. The molecule has 2 aliphatic heterocycles. The maximum absolute atomic E-state index is 12.8. The van der Waals surface area contributed by atoms with E-state index in [9.17, 15) is 9.59 Å². The summed E-state index contributed by atoms with van der Waals surface area (Å²) in [7, 11) is 0.